The van der Waals surface area contributed by atoms with Crippen LogP contribution in [0.4, 0.5) is 0 Å². The second-order valence-electron chi connectivity index (χ2n) is 27.4. The highest BCUT2D eigenvalue weighted by Gasteiger charge is 2.20. The van der Waals surface area contributed by atoms with Crippen molar-refractivity contribution in [1.82, 2.24) is 5.32 Å². The zero-order valence-electron chi connectivity index (χ0n) is 58.1. The zero-order chi connectivity index (χ0) is 61.3. The van der Waals surface area contributed by atoms with Crippen LogP contribution >= 0.6 is 0 Å². The number of carbonyl (C=O) groups excluding carboxylic acids is 2. The molecule has 2 atom stereocenters. The van der Waals surface area contributed by atoms with Gasteiger partial charge in [-0.1, -0.05) is 405 Å². The van der Waals surface area contributed by atoms with Crippen molar-refractivity contribution in [1.29, 1.82) is 0 Å². The number of ether oxygens (including phenoxy) is 1. The predicted molar refractivity (Wildman–Crippen MR) is 375 cm³/mol. The fourth-order valence-corrected chi connectivity index (χ4v) is 12.8. The van der Waals surface area contributed by atoms with E-state index in [9.17, 15) is 19.8 Å². The molecule has 0 heterocycles. The van der Waals surface area contributed by atoms with Gasteiger partial charge >= 0.3 is 5.97 Å². The standard InChI is InChI=1S/C79H155NO5/c1-3-5-7-9-11-13-15-17-18-45-49-53-57-61-65-69-73-79(84)85-74-70-66-62-58-54-50-46-43-41-39-37-35-33-31-29-27-25-23-21-19-20-22-24-26-28-30-32-34-36-38-40-42-44-48-52-56-60-64-68-72-78(83)80-76(75-81)77(82)71-67-63-59-55-51-47-16-14-12-10-8-6-4-2/h18,45,76-77,81-82H,3-17,19-44,46-75H2,1-2H3,(H,80,83)/b45-18-. The normalized spacial score (nSPS) is 12.5. The lowest BCUT2D eigenvalue weighted by molar-refractivity contribution is -0.143. The van der Waals surface area contributed by atoms with Gasteiger partial charge in [0.15, 0.2) is 0 Å². The van der Waals surface area contributed by atoms with E-state index in [1.54, 1.807) is 0 Å². The summed E-state index contributed by atoms with van der Waals surface area (Å²) in [6, 6.07) is -0.535. The Balaban J connectivity index is 3.27. The minimum absolute atomic E-state index is 0.0177. The largest absolute Gasteiger partial charge is 0.466 e. The van der Waals surface area contributed by atoms with Crippen LogP contribution in [0.25, 0.3) is 0 Å². The molecule has 0 saturated heterocycles. The van der Waals surface area contributed by atoms with Gasteiger partial charge in [0.2, 0.25) is 5.91 Å². The predicted octanol–water partition coefficient (Wildman–Crippen LogP) is 25.9. The van der Waals surface area contributed by atoms with E-state index in [1.165, 1.54) is 379 Å². The smallest absolute Gasteiger partial charge is 0.305 e. The molecule has 6 heteroatoms. The summed E-state index contributed by atoms with van der Waals surface area (Å²) in [5.74, 6) is -0.00823. The van der Waals surface area contributed by atoms with E-state index < -0.39 is 12.1 Å². The maximum Gasteiger partial charge on any atom is 0.305 e. The lowest BCUT2D eigenvalue weighted by atomic mass is 10.0. The van der Waals surface area contributed by atoms with Crippen molar-refractivity contribution in [2.45, 2.75) is 469 Å². The van der Waals surface area contributed by atoms with Gasteiger partial charge in [0.1, 0.15) is 0 Å². The van der Waals surface area contributed by atoms with Crippen LogP contribution in [-0.4, -0.2) is 47.4 Å². The fourth-order valence-electron chi connectivity index (χ4n) is 12.8. The third-order valence-electron chi connectivity index (χ3n) is 18.8. The van der Waals surface area contributed by atoms with Crippen LogP contribution in [0.1, 0.15) is 457 Å². The number of rotatable bonds is 75. The maximum atomic E-state index is 12.5. The molecule has 0 bridgehead atoms. The van der Waals surface area contributed by atoms with Crippen molar-refractivity contribution in [2.24, 2.45) is 0 Å². The van der Waals surface area contributed by atoms with Crippen molar-refractivity contribution < 1.29 is 24.5 Å². The number of esters is 1. The fraction of sp³-hybridized carbons (Fsp3) is 0.949. The van der Waals surface area contributed by atoms with Gasteiger partial charge in [-0.05, 0) is 51.4 Å². The minimum Gasteiger partial charge on any atom is -0.466 e. The summed E-state index contributed by atoms with van der Waals surface area (Å²) in [6.45, 7) is 4.99. The molecule has 506 valence electrons. The first kappa shape index (κ1) is 83.6. The van der Waals surface area contributed by atoms with Crippen molar-refractivity contribution >= 4 is 11.9 Å². The highest BCUT2D eigenvalue weighted by atomic mass is 16.5. The Bertz CT molecular complexity index is 1290. The van der Waals surface area contributed by atoms with Crippen molar-refractivity contribution in [3.8, 4) is 0 Å². The van der Waals surface area contributed by atoms with Crippen LogP contribution in [0.3, 0.4) is 0 Å². The van der Waals surface area contributed by atoms with Gasteiger partial charge in [-0.3, -0.25) is 9.59 Å². The topological polar surface area (TPSA) is 95.9 Å². The Morgan fingerprint density at radius 3 is 0.835 bits per heavy atom. The second kappa shape index (κ2) is 75.1. The van der Waals surface area contributed by atoms with Gasteiger partial charge in [0.25, 0.3) is 0 Å². The summed E-state index contributed by atoms with van der Waals surface area (Å²) in [5.41, 5.74) is 0. The number of hydrogen-bond donors (Lipinski definition) is 3. The van der Waals surface area contributed by atoms with E-state index in [0.717, 1.165) is 44.9 Å². The molecular formula is C79H155NO5. The number of nitrogens with one attached hydrogen (secondary N) is 1. The summed E-state index contributed by atoms with van der Waals surface area (Å²) >= 11 is 0. The Labute approximate surface area is 533 Å². The first-order valence-electron chi connectivity index (χ1n) is 39.4. The van der Waals surface area contributed by atoms with Gasteiger partial charge in [-0.25, -0.2) is 0 Å². The third kappa shape index (κ3) is 71.6. The van der Waals surface area contributed by atoms with Gasteiger partial charge < -0.3 is 20.3 Å². The number of aliphatic hydroxyl groups is 2. The molecular weight excluding hydrogens is 1040 g/mol. The number of unbranched alkanes of at least 4 members (excludes halogenated alkanes) is 62. The number of aliphatic hydroxyl groups excluding tert-OH is 2. The Morgan fingerprint density at radius 2 is 0.553 bits per heavy atom. The van der Waals surface area contributed by atoms with Crippen molar-refractivity contribution in [3.05, 3.63) is 12.2 Å². The van der Waals surface area contributed by atoms with Crippen molar-refractivity contribution in [3.63, 3.8) is 0 Å². The molecule has 2 unspecified atom stereocenters. The molecule has 1 amide bonds. The molecule has 0 aliphatic rings. The van der Waals surface area contributed by atoms with E-state index in [2.05, 4.69) is 31.3 Å². The van der Waals surface area contributed by atoms with Crippen LogP contribution in [-0.2, 0) is 14.3 Å². The van der Waals surface area contributed by atoms with E-state index >= 15 is 0 Å². The molecule has 0 rings (SSSR count). The molecule has 0 aromatic carbocycles. The Hall–Kier alpha value is -1.40. The van der Waals surface area contributed by atoms with E-state index in [1.807, 2.05) is 0 Å². The van der Waals surface area contributed by atoms with Crippen LogP contribution in [0, 0.1) is 0 Å². The van der Waals surface area contributed by atoms with Gasteiger partial charge in [-0.2, -0.15) is 0 Å². The molecule has 3 N–H and O–H groups in total. The highest BCUT2D eigenvalue weighted by Crippen LogP contribution is 2.20. The van der Waals surface area contributed by atoms with Gasteiger partial charge in [-0.15, -0.1) is 0 Å². The molecule has 6 nitrogen and oxygen atoms in total. The molecule has 0 saturated carbocycles. The Kier molecular flexibility index (Phi) is 73.8. The van der Waals surface area contributed by atoms with Gasteiger partial charge in [0, 0.05) is 12.8 Å². The van der Waals surface area contributed by atoms with Crippen molar-refractivity contribution in [2.75, 3.05) is 13.2 Å². The quantitative estimate of drug-likeness (QED) is 0.0320. The molecule has 0 aromatic rings. The molecule has 85 heavy (non-hydrogen) atoms. The number of hydrogen-bond acceptors (Lipinski definition) is 5. The summed E-state index contributed by atoms with van der Waals surface area (Å²) in [6.07, 6.45) is 94.6. The van der Waals surface area contributed by atoms with Crippen LogP contribution in [0.2, 0.25) is 0 Å². The molecule has 0 aliphatic carbocycles. The lowest BCUT2D eigenvalue weighted by Gasteiger charge is -2.22. The van der Waals surface area contributed by atoms with Crippen LogP contribution in [0.5, 0.6) is 0 Å². The Morgan fingerprint density at radius 1 is 0.318 bits per heavy atom. The lowest BCUT2D eigenvalue weighted by Crippen LogP contribution is -2.45. The zero-order valence-corrected chi connectivity index (χ0v) is 58.1. The summed E-state index contributed by atoms with van der Waals surface area (Å²) < 4.78 is 5.51. The first-order valence-corrected chi connectivity index (χ1v) is 39.4. The SMILES string of the molecule is CCCCCCCCC/C=C\CCCCCCCC(=O)OCCCCCCCCCCCCCCCCCCCCCCCCCCCCCCCCCCCCCCCCCC(=O)NC(CO)C(O)CCCCCCCCCCCCCCC. The molecule has 0 aromatic heterocycles. The number of allylic oxidation sites excluding steroid dienone is 2. The summed E-state index contributed by atoms with van der Waals surface area (Å²) in [7, 11) is 0. The minimum atomic E-state index is -0.658. The average molecular weight is 1200 g/mol. The molecule has 0 spiro atoms. The van der Waals surface area contributed by atoms with E-state index in [0.29, 0.717) is 25.9 Å². The first-order chi connectivity index (χ1) is 42.0. The molecule has 0 fully saturated rings. The average Bonchev–Trinajstić information content (AvgIpc) is 3.51. The second-order valence-corrected chi connectivity index (χ2v) is 27.4. The van der Waals surface area contributed by atoms with Gasteiger partial charge in [0.05, 0.1) is 25.4 Å². The summed E-state index contributed by atoms with van der Waals surface area (Å²) in [5, 5.41) is 23.3. The van der Waals surface area contributed by atoms with E-state index in [-0.39, 0.29) is 18.5 Å². The highest BCUT2D eigenvalue weighted by molar-refractivity contribution is 5.76. The third-order valence-corrected chi connectivity index (χ3v) is 18.8. The van der Waals surface area contributed by atoms with Crippen LogP contribution in [0.15, 0.2) is 12.2 Å². The van der Waals surface area contributed by atoms with E-state index in [4.69, 9.17) is 4.74 Å². The number of amides is 1. The summed E-state index contributed by atoms with van der Waals surface area (Å²) in [4.78, 5) is 24.6. The van der Waals surface area contributed by atoms with Crippen LogP contribution < -0.4 is 5.32 Å². The molecule has 0 aliphatic heterocycles. The molecule has 0 radical (unpaired) electrons. The maximum absolute atomic E-state index is 12.5. The number of carbonyl (C=O) groups is 2. The monoisotopic (exact) mass is 1200 g/mol.